The summed E-state index contributed by atoms with van der Waals surface area (Å²) in [6, 6.07) is 0. The first-order chi connectivity index (χ1) is 4.20. The SMILES string of the molecule is C=CC(CBr)O[P+](=O)O. The molecule has 0 radical (unpaired) electrons. The zero-order chi connectivity index (χ0) is 7.28. The van der Waals surface area contributed by atoms with Crippen molar-refractivity contribution in [2.75, 3.05) is 5.33 Å². The molecule has 0 aromatic rings. The molecule has 0 aromatic heterocycles. The van der Waals surface area contributed by atoms with Crippen LogP contribution in [-0.2, 0) is 9.09 Å². The van der Waals surface area contributed by atoms with Crippen molar-refractivity contribution in [3.63, 3.8) is 0 Å². The first kappa shape index (κ1) is 9.24. The Kier molecular flexibility index (Phi) is 5.19. The van der Waals surface area contributed by atoms with Gasteiger partial charge in [0.1, 0.15) is 6.10 Å². The molecule has 0 amide bonds. The fourth-order valence-corrected chi connectivity index (χ4v) is 1.24. The summed E-state index contributed by atoms with van der Waals surface area (Å²) >= 11 is 3.07. The fraction of sp³-hybridized carbons (Fsp3) is 0.500. The minimum Gasteiger partial charge on any atom is -0.133 e. The van der Waals surface area contributed by atoms with Gasteiger partial charge in [-0.1, -0.05) is 22.0 Å². The van der Waals surface area contributed by atoms with Gasteiger partial charge in [-0.2, -0.15) is 0 Å². The van der Waals surface area contributed by atoms with Crippen LogP contribution in [0.1, 0.15) is 0 Å². The number of hydrogen-bond acceptors (Lipinski definition) is 2. The molecule has 0 saturated heterocycles. The van der Waals surface area contributed by atoms with Gasteiger partial charge in [0.2, 0.25) is 0 Å². The number of hydrogen-bond donors (Lipinski definition) is 1. The molecule has 0 aliphatic rings. The summed E-state index contributed by atoms with van der Waals surface area (Å²) in [6.45, 7) is 3.39. The molecule has 0 heterocycles. The second-order valence-electron chi connectivity index (χ2n) is 1.27. The molecule has 2 atom stereocenters. The van der Waals surface area contributed by atoms with Crippen LogP contribution in [0.2, 0.25) is 0 Å². The molecule has 0 aliphatic heterocycles. The van der Waals surface area contributed by atoms with E-state index in [2.05, 4.69) is 27.0 Å². The van der Waals surface area contributed by atoms with Gasteiger partial charge in [-0.15, -0.1) is 16.0 Å². The van der Waals surface area contributed by atoms with E-state index in [9.17, 15) is 4.57 Å². The lowest BCUT2D eigenvalue weighted by atomic mass is 10.4. The van der Waals surface area contributed by atoms with E-state index in [0.29, 0.717) is 5.33 Å². The molecule has 9 heavy (non-hydrogen) atoms. The van der Waals surface area contributed by atoms with Crippen LogP contribution in [0, 0.1) is 0 Å². The Morgan fingerprint density at radius 3 is 2.67 bits per heavy atom. The van der Waals surface area contributed by atoms with E-state index in [1.807, 2.05) is 0 Å². The largest absolute Gasteiger partial charge is 0.695 e. The van der Waals surface area contributed by atoms with Crippen molar-refractivity contribution in [2.45, 2.75) is 6.10 Å². The Labute approximate surface area is 62.8 Å². The molecule has 0 aliphatic carbocycles. The van der Waals surface area contributed by atoms with Gasteiger partial charge in [0, 0.05) is 9.90 Å². The standard InChI is InChI=1S/C4H6BrO3P/c1-2-4(3-5)8-9(6)7/h2,4H,1,3H2/p+1. The van der Waals surface area contributed by atoms with E-state index in [1.54, 1.807) is 0 Å². The zero-order valence-corrected chi connectivity index (χ0v) is 7.14. The fourth-order valence-electron chi connectivity index (χ4n) is 0.250. The minimum absolute atomic E-state index is 0.376. The van der Waals surface area contributed by atoms with Crippen LogP contribution in [0.5, 0.6) is 0 Å². The molecule has 1 N–H and O–H groups in total. The smallest absolute Gasteiger partial charge is 0.133 e. The van der Waals surface area contributed by atoms with Crippen LogP contribution in [-0.4, -0.2) is 16.3 Å². The Hall–Kier alpha value is 0.240. The van der Waals surface area contributed by atoms with Gasteiger partial charge in [-0.05, 0) is 0 Å². The van der Waals surface area contributed by atoms with Crippen LogP contribution in [0.25, 0.3) is 0 Å². The molecule has 0 spiro atoms. The van der Waals surface area contributed by atoms with Gasteiger partial charge >= 0.3 is 8.25 Å². The third-order valence-corrected chi connectivity index (χ3v) is 1.73. The minimum atomic E-state index is -2.50. The van der Waals surface area contributed by atoms with Crippen molar-refractivity contribution in [3.05, 3.63) is 12.7 Å². The van der Waals surface area contributed by atoms with E-state index in [-0.39, 0.29) is 6.10 Å². The van der Waals surface area contributed by atoms with Gasteiger partial charge in [-0.25, -0.2) is 0 Å². The molecule has 0 aromatic carbocycles. The Balaban J connectivity index is 3.55. The normalized spacial score (nSPS) is 14.7. The Bertz CT molecular complexity index is 116. The van der Waals surface area contributed by atoms with E-state index < -0.39 is 8.25 Å². The lowest BCUT2D eigenvalue weighted by Crippen LogP contribution is -2.05. The van der Waals surface area contributed by atoms with Crippen LogP contribution in [0.3, 0.4) is 0 Å². The highest BCUT2D eigenvalue weighted by atomic mass is 79.9. The third kappa shape index (κ3) is 4.73. The number of rotatable bonds is 4. The second-order valence-corrected chi connectivity index (χ2v) is 2.61. The summed E-state index contributed by atoms with van der Waals surface area (Å²) in [5, 5.41) is 0.484. The van der Waals surface area contributed by atoms with Crippen LogP contribution >= 0.6 is 24.2 Å². The van der Waals surface area contributed by atoms with Crippen LogP contribution in [0.15, 0.2) is 12.7 Å². The third-order valence-electron chi connectivity index (χ3n) is 0.641. The molecule has 0 saturated carbocycles. The predicted molar refractivity (Wildman–Crippen MR) is 38.7 cm³/mol. The van der Waals surface area contributed by atoms with Crippen LogP contribution < -0.4 is 0 Å². The highest BCUT2D eigenvalue weighted by molar-refractivity contribution is 9.09. The molecule has 0 bridgehead atoms. The average molecular weight is 214 g/mol. The number of alkyl halides is 1. The highest BCUT2D eigenvalue weighted by Gasteiger charge is 2.18. The average Bonchev–Trinajstić information content (AvgIpc) is 1.82. The molecule has 0 fully saturated rings. The van der Waals surface area contributed by atoms with Crippen molar-refractivity contribution in [1.82, 2.24) is 0 Å². The van der Waals surface area contributed by atoms with Crippen molar-refractivity contribution in [2.24, 2.45) is 0 Å². The Morgan fingerprint density at radius 2 is 2.56 bits per heavy atom. The summed E-state index contributed by atoms with van der Waals surface area (Å²) in [5.41, 5.74) is 0. The Morgan fingerprint density at radius 1 is 2.00 bits per heavy atom. The summed E-state index contributed by atoms with van der Waals surface area (Å²) in [5.74, 6) is 0. The quantitative estimate of drug-likeness (QED) is 0.439. The zero-order valence-electron chi connectivity index (χ0n) is 4.66. The molecular weight excluding hydrogens is 207 g/mol. The number of halogens is 1. The van der Waals surface area contributed by atoms with Crippen LogP contribution in [0.4, 0.5) is 0 Å². The summed E-state index contributed by atoms with van der Waals surface area (Å²) in [4.78, 5) is 8.20. The van der Waals surface area contributed by atoms with Crippen molar-refractivity contribution in [1.29, 1.82) is 0 Å². The van der Waals surface area contributed by atoms with Gasteiger partial charge in [0.15, 0.2) is 0 Å². The van der Waals surface area contributed by atoms with Gasteiger partial charge in [0.25, 0.3) is 0 Å². The lowest BCUT2D eigenvalue weighted by Gasteiger charge is -1.94. The molecule has 3 nitrogen and oxygen atoms in total. The van der Waals surface area contributed by atoms with Gasteiger partial charge in [0.05, 0.1) is 0 Å². The highest BCUT2D eigenvalue weighted by Crippen LogP contribution is 2.19. The van der Waals surface area contributed by atoms with E-state index in [1.165, 1.54) is 6.08 Å². The first-order valence-corrected chi connectivity index (χ1v) is 4.47. The van der Waals surface area contributed by atoms with Gasteiger partial charge in [-0.3, -0.25) is 0 Å². The molecule has 2 unspecified atom stereocenters. The second kappa shape index (κ2) is 5.06. The maximum absolute atomic E-state index is 9.98. The van der Waals surface area contributed by atoms with E-state index in [4.69, 9.17) is 4.89 Å². The predicted octanol–water partition coefficient (Wildman–Crippen LogP) is 1.60. The molecule has 52 valence electrons. The maximum atomic E-state index is 9.98. The van der Waals surface area contributed by atoms with E-state index >= 15 is 0 Å². The maximum Gasteiger partial charge on any atom is 0.695 e. The summed E-state index contributed by atoms with van der Waals surface area (Å²) in [6.07, 6.45) is 1.08. The van der Waals surface area contributed by atoms with Crippen molar-refractivity contribution in [3.8, 4) is 0 Å². The monoisotopic (exact) mass is 213 g/mol. The van der Waals surface area contributed by atoms with Gasteiger partial charge < -0.3 is 0 Å². The lowest BCUT2D eigenvalue weighted by molar-refractivity contribution is 0.249. The van der Waals surface area contributed by atoms with E-state index in [0.717, 1.165) is 0 Å². The molecule has 5 heteroatoms. The topological polar surface area (TPSA) is 46.5 Å². The van der Waals surface area contributed by atoms with Crippen molar-refractivity contribution < 1.29 is 14.0 Å². The first-order valence-electron chi connectivity index (χ1n) is 2.22. The molecule has 0 rings (SSSR count). The summed E-state index contributed by atoms with van der Waals surface area (Å²) < 4.78 is 14.4. The summed E-state index contributed by atoms with van der Waals surface area (Å²) in [7, 11) is -2.50. The molecular formula is C4H7BrO3P+. The van der Waals surface area contributed by atoms with Crippen molar-refractivity contribution >= 4 is 24.2 Å².